The lowest BCUT2D eigenvalue weighted by atomic mass is 10.00. The first-order chi connectivity index (χ1) is 8.79. The first kappa shape index (κ1) is 14.5. The highest BCUT2D eigenvalue weighted by atomic mass is 31.2. The summed E-state index contributed by atoms with van der Waals surface area (Å²) in [6.45, 7) is 5.77. The highest BCUT2D eigenvalue weighted by Crippen LogP contribution is 2.36. The van der Waals surface area contributed by atoms with Crippen molar-refractivity contribution in [3.63, 3.8) is 0 Å². The molecule has 0 saturated heterocycles. The van der Waals surface area contributed by atoms with Crippen molar-refractivity contribution in [1.82, 2.24) is 4.98 Å². The highest BCUT2D eigenvalue weighted by molar-refractivity contribution is 7.60. The number of hydrogen-bond donors (Lipinski definition) is 3. The molecule has 0 bridgehead atoms. The molecule has 0 aliphatic carbocycles. The summed E-state index contributed by atoms with van der Waals surface area (Å²) >= 11 is 0. The molecule has 7 heteroatoms. The molecular weight excluding hydrogens is 265 g/mol. The van der Waals surface area contributed by atoms with Gasteiger partial charge in [0.2, 0.25) is 0 Å². The minimum absolute atomic E-state index is 0.114. The van der Waals surface area contributed by atoms with Gasteiger partial charge >= 0.3 is 7.60 Å². The molecular formula is C12H20N3O3P. The zero-order valence-corrected chi connectivity index (χ0v) is 12.0. The van der Waals surface area contributed by atoms with Crippen molar-refractivity contribution in [3.8, 4) is 0 Å². The third kappa shape index (κ3) is 3.15. The number of hydrogen-bond acceptors (Lipinski definition) is 4. The summed E-state index contributed by atoms with van der Waals surface area (Å²) in [5.41, 5.74) is 6.72. The molecule has 0 fully saturated rings. The van der Waals surface area contributed by atoms with Gasteiger partial charge in [0.15, 0.2) is 5.44 Å². The average molecular weight is 285 g/mol. The number of aromatic nitrogens is 1. The van der Waals surface area contributed by atoms with Gasteiger partial charge in [-0.25, -0.2) is 4.98 Å². The van der Waals surface area contributed by atoms with Crippen molar-refractivity contribution < 1.29 is 14.4 Å². The van der Waals surface area contributed by atoms with E-state index in [4.69, 9.17) is 5.73 Å². The van der Waals surface area contributed by atoms with Crippen molar-refractivity contribution in [3.05, 3.63) is 17.7 Å². The fraction of sp³-hybridized carbons (Fsp3) is 0.583. The molecule has 1 atom stereocenters. The van der Waals surface area contributed by atoms with E-state index < -0.39 is 7.60 Å². The van der Waals surface area contributed by atoms with Crippen LogP contribution in [0.2, 0.25) is 0 Å². The Morgan fingerprint density at radius 3 is 2.79 bits per heavy atom. The molecule has 0 spiro atoms. The van der Waals surface area contributed by atoms with E-state index in [-0.39, 0.29) is 11.5 Å². The van der Waals surface area contributed by atoms with Crippen LogP contribution < -0.4 is 16.1 Å². The predicted molar refractivity (Wildman–Crippen MR) is 74.5 cm³/mol. The Morgan fingerprint density at radius 1 is 1.53 bits per heavy atom. The zero-order valence-electron chi connectivity index (χ0n) is 11.2. The molecule has 1 aromatic heterocycles. The minimum atomic E-state index is -4.32. The fourth-order valence-corrected chi connectivity index (χ4v) is 2.82. The molecule has 1 aliphatic rings. The predicted octanol–water partition coefficient (Wildman–Crippen LogP) is 0.750. The Labute approximate surface area is 112 Å². The van der Waals surface area contributed by atoms with E-state index in [1.807, 2.05) is 0 Å². The Kier molecular flexibility index (Phi) is 3.97. The lowest BCUT2D eigenvalue weighted by Crippen LogP contribution is -2.38. The quantitative estimate of drug-likeness (QED) is 0.709. The Bertz CT molecular complexity index is 515. The maximum atomic E-state index is 11.3. The van der Waals surface area contributed by atoms with Crippen LogP contribution in [0.4, 0.5) is 5.82 Å². The van der Waals surface area contributed by atoms with Gasteiger partial charge in [-0.3, -0.25) is 4.57 Å². The van der Waals surface area contributed by atoms with Gasteiger partial charge in [0.25, 0.3) is 0 Å². The molecule has 106 valence electrons. The van der Waals surface area contributed by atoms with Gasteiger partial charge in [-0.15, -0.1) is 0 Å². The van der Waals surface area contributed by atoms with E-state index in [1.54, 1.807) is 6.07 Å². The first-order valence-corrected chi connectivity index (χ1v) is 7.98. The van der Waals surface area contributed by atoms with Crippen LogP contribution in [-0.4, -0.2) is 27.9 Å². The number of anilines is 1. The van der Waals surface area contributed by atoms with Gasteiger partial charge < -0.3 is 20.4 Å². The van der Waals surface area contributed by atoms with Gasteiger partial charge in [-0.05, 0) is 18.4 Å². The SMILES string of the molecule is CC(C)CN1CCC(N)c2ccc(P(=O)(O)O)nc21. The van der Waals surface area contributed by atoms with E-state index in [0.29, 0.717) is 11.7 Å². The van der Waals surface area contributed by atoms with Crippen LogP contribution in [0.3, 0.4) is 0 Å². The second kappa shape index (κ2) is 5.21. The van der Waals surface area contributed by atoms with Gasteiger partial charge in [0.05, 0.1) is 0 Å². The average Bonchev–Trinajstić information content (AvgIpc) is 2.31. The molecule has 4 N–H and O–H groups in total. The van der Waals surface area contributed by atoms with Crippen molar-refractivity contribution in [1.29, 1.82) is 0 Å². The molecule has 1 aliphatic heterocycles. The van der Waals surface area contributed by atoms with Crippen molar-refractivity contribution in [2.75, 3.05) is 18.0 Å². The van der Waals surface area contributed by atoms with Crippen LogP contribution in [-0.2, 0) is 4.57 Å². The van der Waals surface area contributed by atoms with Crippen LogP contribution >= 0.6 is 7.60 Å². The summed E-state index contributed by atoms with van der Waals surface area (Å²) in [5.74, 6) is 1.07. The number of nitrogens with zero attached hydrogens (tertiary/aromatic N) is 2. The van der Waals surface area contributed by atoms with E-state index in [2.05, 4.69) is 23.7 Å². The number of pyridine rings is 1. The van der Waals surface area contributed by atoms with Crippen LogP contribution in [0, 0.1) is 5.92 Å². The zero-order chi connectivity index (χ0) is 14.2. The summed E-state index contributed by atoms with van der Waals surface area (Å²) in [4.78, 5) is 24.7. The van der Waals surface area contributed by atoms with E-state index in [0.717, 1.165) is 25.1 Å². The molecule has 19 heavy (non-hydrogen) atoms. The van der Waals surface area contributed by atoms with E-state index >= 15 is 0 Å². The third-order valence-electron chi connectivity index (χ3n) is 3.18. The smallest absolute Gasteiger partial charge is 0.356 e. The summed E-state index contributed by atoms with van der Waals surface area (Å²) in [6, 6.07) is 2.95. The van der Waals surface area contributed by atoms with E-state index in [9.17, 15) is 14.4 Å². The molecule has 2 heterocycles. The standard InChI is InChI=1S/C12H20N3O3P/c1-8(2)7-15-6-5-10(13)9-3-4-11(14-12(9)15)19(16,17)18/h3-4,8,10H,5-7,13H2,1-2H3,(H2,16,17,18). The first-order valence-electron chi connectivity index (χ1n) is 6.36. The van der Waals surface area contributed by atoms with Crippen molar-refractivity contribution in [2.45, 2.75) is 26.3 Å². The number of fused-ring (bicyclic) bond motifs is 1. The van der Waals surface area contributed by atoms with Crippen molar-refractivity contribution in [2.24, 2.45) is 11.7 Å². The lowest BCUT2D eigenvalue weighted by Gasteiger charge is -2.34. The largest absolute Gasteiger partial charge is 0.374 e. The summed E-state index contributed by atoms with van der Waals surface area (Å²) in [7, 11) is -4.32. The number of rotatable bonds is 3. The second-order valence-corrected chi connectivity index (χ2v) is 6.91. The third-order valence-corrected chi connectivity index (χ3v) is 4.03. The monoisotopic (exact) mass is 285 g/mol. The minimum Gasteiger partial charge on any atom is -0.356 e. The molecule has 0 saturated carbocycles. The molecule has 0 aromatic carbocycles. The molecule has 1 unspecified atom stereocenters. The van der Waals surface area contributed by atoms with Gasteiger partial charge in [0.1, 0.15) is 5.82 Å². The van der Waals surface area contributed by atoms with Crippen LogP contribution in [0.15, 0.2) is 12.1 Å². The summed E-state index contributed by atoms with van der Waals surface area (Å²) in [6.07, 6.45) is 0.830. The molecule has 0 amide bonds. The summed E-state index contributed by atoms with van der Waals surface area (Å²) < 4.78 is 11.3. The fourth-order valence-electron chi connectivity index (χ4n) is 2.33. The maximum absolute atomic E-state index is 11.3. The Hall–Kier alpha value is -0.940. The van der Waals surface area contributed by atoms with Crippen LogP contribution in [0.25, 0.3) is 0 Å². The Balaban J connectivity index is 2.44. The molecule has 2 rings (SSSR count). The topological polar surface area (TPSA) is 99.7 Å². The Morgan fingerprint density at radius 2 is 2.21 bits per heavy atom. The normalized spacial score (nSPS) is 19.7. The molecule has 1 aromatic rings. The van der Waals surface area contributed by atoms with Crippen LogP contribution in [0.5, 0.6) is 0 Å². The lowest BCUT2D eigenvalue weighted by molar-refractivity contribution is 0.386. The van der Waals surface area contributed by atoms with Gasteiger partial charge in [-0.2, -0.15) is 0 Å². The van der Waals surface area contributed by atoms with Gasteiger partial charge in [-0.1, -0.05) is 19.9 Å². The highest BCUT2D eigenvalue weighted by Gasteiger charge is 2.28. The van der Waals surface area contributed by atoms with Crippen molar-refractivity contribution >= 4 is 18.8 Å². The maximum Gasteiger partial charge on any atom is 0.374 e. The second-order valence-electron chi connectivity index (χ2n) is 5.36. The van der Waals surface area contributed by atoms with Crippen LogP contribution in [0.1, 0.15) is 31.9 Å². The summed E-state index contributed by atoms with van der Waals surface area (Å²) in [5, 5.41) is 0. The van der Waals surface area contributed by atoms with E-state index in [1.165, 1.54) is 6.07 Å². The molecule has 6 nitrogen and oxygen atoms in total. The molecule has 0 radical (unpaired) electrons. The number of nitrogens with two attached hydrogens (primary N) is 1. The van der Waals surface area contributed by atoms with Gasteiger partial charge in [0, 0.05) is 24.7 Å².